The van der Waals surface area contributed by atoms with Crippen molar-refractivity contribution in [1.29, 1.82) is 0 Å². The van der Waals surface area contributed by atoms with Gasteiger partial charge in [-0.3, -0.25) is 24.0 Å². The van der Waals surface area contributed by atoms with Crippen molar-refractivity contribution in [3.05, 3.63) is 0 Å². The molecule has 1 heterocycles. The molecule has 6 N–H and O–H groups in total. The Morgan fingerprint density at radius 2 is 1.73 bits per heavy atom. The molecule has 1 rings (SSSR count). The second-order valence-corrected chi connectivity index (χ2v) is 8.53. The molecule has 0 unspecified atom stereocenters. The number of rotatable bonds is 12. The molecule has 0 aromatic rings. The lowest BCUT2D eigenvalue weighted by Crippen LogP contribution is -2.56. The third-order valence-electron chi connectivity index (χ3n) is 5.64. The van der Waals surface area contributed by atoms with Crippen molar-refractivity contribution in [2.24, 2.45) is 5.73 Å². The molecule has 0 spiro atoms. The van der Waals surface area contributed by atoms with Crippen molar-refractivity contribution in [3.63, 3.8) is 0 Å². The molecule has 0 saturated carbocycles. The van der Waals surface area contributed by atoms with E-state index in [1.807, 2.05) is 0 Å². The van der Waals surface area contributed by atoms with Crippen LogP contribution in [-0.2, 0) is 24.0 Å². The summed E-state index contributed by atoms with van der Waals surface area (Å²) < 4.78 is 0. The molecule has 0 aliphatic carbocycles. The van der Waals surface area contributed by atoms with Gasteiger partial charge in [-0.15, -0.1) is 0 Å². The van der Waals surface area contributed by atoms with Gasteiger partial charge in [0.05, 0.1) is 6.10 Å². The number of aliphatic hydroxyl groups excluding tert-OH is 1. The summed E-state index contributed by atoms with van der Waals surface area (Å²) in [6.45, 7) is 5.05. The third-order valence-corrected chi connectivity index (χ3v) is 5.64. The van der Waals surface area contributed by atoms with Gasteiger partial charge in [0.2, 0.25) is 23.6 Å². The summed E-state index contributed by atoms with van der Waals surface area (Å²) in [7, 11) is 1.63. The van der Waals surface area contributed by atoms with Crippen LogP contribution in [0.1, 0.15) is 52.9 Å². The fourth-order valence-corrected chi connectivity index (χ4v) is 3.50. The standard InChI is InChI=1S/C21H37N5O7/c1-12(24-18(29)17(22)14(3)27)19(30)26-11-7-8-15(26)20(31)25(4)10-6-5-9-16(28)23-13(2)21(32)33/h12-15,17,27H,5-11,22H2,1-4H3,(H,23,28)(H,24,29)(H,32,33)/t12-,13-,14+,15-,17-/m0/s1. The Morgan fingerprint density at radius 1 is 1.09 bits per heavy atom. The zero-order chi connectivity index (χ0) is 25.3. The molecular weight excluding hydrogens is 434 g/mol. The van der Waals surface area contributed by atoms with Crippen molar-refractivity contribution in [2.75, 3.05) is 20.1 Å². The van der Waals surface area contributed by atoms with Crippen LogP contribution in [0.4, 0.5) is 0 Å². The van der Waals surface area contributed by atoms with Crippen LogP contribution in [0.5, 0.6) is 0 Å². The smallest absolute Gasteiger partial charge is 0.325 e. The van der Waals surface area contributed by atoms with Crippen LogP contribution in [0, 0.1) is 0 Å². The van der Waals surface area contributed by atoms with Gasteiger partial charge in [-0.1, -0.05) is 0 Å². The number of carbonyl (C=O) groups excluding carboxylic acids is 4. The minimum atomic E-state index is -1.16. The summed E-state index contributed by atoms with van der Waals surface area (Å²) in [6.07, 6.45) is 1.29. The Bertz CT molecular complexity index is 730. The van der Waals surface area contributed by atoms with E-state index in [4.69, 9.17) is 10.8 Å². The van der Waals surface area contributed by atoms with Gasteiger partial charge in [-0.25, -0.2) is 0 Å². The van der Waals surface area contributed by atoms with Gasteiger partial charge in [0.25, 0.3) is 0 Å². The average molecular weight is 472 g/mol. The van der Waals surface area contributed by atoms with Crippen LogP contribution in [0.3, 0.4) is 0 Å². The van der Waals surface area contributed by atoms with E-state index >= 15 is 0 Å². The number of aliphatic hydroxyl groups is 1. The van der Waals surface area contributed by atoms with Crippen molar-refractivity contribution in [1.82, 2.24) is 20.4 Å². The predicted molar refractivity (Wildman–Crippen MR) is 119 cm³/mol. The first-order chi connectivity index (χ1) is 15.4. The molecule has 1 aliphatic heterocycles. The van der Waals surface area contributed by atoms with Gasteiger partial charge >= 0.3 is 5.97 Å². The van der Waals surface area contributed by atoms with Crippen molar-refractivity contribution in [2.45, 2.75) is 83.1 Å². The summed E-state index contributed by atoms with van der Waals surface area (Å²) in [5.74, 6) is -2.73. The average Bonchev–Trinajstić information content (AvgIpc) is 3.24. The number of hydrogen-bond donors (Lipinski definition) is 5. The predicted octanol–water partition coefficient (Wildman–Crippen LogP) is -1.59. The Labute approximate surface area is 193 Å². The first-order valence-electron chi connectivity index (χ1n) is 11.2. The molecule has 0 bridgehead atoms. The summed E-state index contributed by atoms with van der Waals surface area (Å²) in [4.78, 5) is 63.2. The van der Waals surface area contributed by atoms with E-state index in [2.05, 4.69) is 10.6 Å². The molecule has 5 atom stereocenters. The van der Waals surface area contributed by atoms with E-state index in [0.29, 0.717) is 38.8 Å². The van der Waals surface area contributed by atoms with Gasteiger partial charge in [0.15, 0.2) is 0 Å². The Hall–Kier alpha value is -2.73. The van der Waals surface area contributed by atoms with Crippen LogP contribution >= 0.6 is 0 Å². The third kappa shape index (κ3) is 8.61. The number of likely N-dealkylation sites (tertiary alicyclic amines) is 1. The van der Waals surface area contributed by atoms with Gasteiger partial charge in [-0.05, 0) is 46.5 Å². The number of hydrogen-bond acceptors (Lipinski definition) is 7. The highest BCUT2D eigenvalue weighted by Gasteiger charge is 2.38. The van der Waals surface area contributed by atoms with E-state index in [1.54, 1.807) is 7.05 Å². The molecule has 12 heteroatoms. The monoisotopic (exact) mass is 471 g/mol. The first kappa shape index (κ1) is 28.3. The quantitative estimate of drug-likeness (QED) is 0.211. The van der Waals surface area contributed by atoms with E-state index in [9.17, 15) is 29.1 Å². The molecule has 12 nitrogen and oxygen atoms in total. The van der Waals surface area contributed by atoms with Crippen molar-refractivity contribution < 1.29 is 34.2 Å². The van der Waals surface area contributed by atoms with Crippen LogP contribution in [0.2, 0.25) is 0 Å². The normalized spacial score (nSPS) is 19.2. The largest absolute Gasteiger partial charge is 0.480 e. The zero-order valence-electron chi connectivity index (χ0n) is 19.7. The molecule has 1 fully saturated rings. The molecule has 0 radical (unpaired) electrons. The first-order valence-corrected chi connectivity index (χ1v) is 11.2. The number of nitrogens with one attached hydrogen (secondary N) is 2. The lowest BCUT2D eigenvalue weighted by atomic mass is 10.1. The summed E-state index contributed by atoms with van der Waals surface area (Å²) in [6, 6.07) is -3.64. The zero-order valence-corrected chi connectivity index (χ0v) is 19.7. The summed E-state index contributed by atoms with van der Waals surface area (Å²) in [5, 5.41) is 23.1. The molecule has 4 amide bonds. The second-order valence-electron chi connectivity index (χ2n) is 8.53. The molecule has 1 saturated heterocycles. The number of carboxylic acids is 1. The van der Waals surface area contributed by atoms with Crippen molar-refractivity contribution in [3.8, 4) is 0 Å². The van der Waals surface area contributed by atoms with Gasteiger partial charge in [0, 0.05) is 26.6 Å². The summed E-state index contributed by atoms with van der Waals surface area (Å²) >= 11 is 0. The number of unbranched alkanes of at least 4 members (excludes halogenated alkanes) is 1. The van der Waals surface area contributed by atoms with Gasteiger partial charge in [0.1, 0.15) is 24.2 Å². The molecule has 188 valence electrons. The number of nitrogens with zero attached hydrogens (tertiary/aromatic N) is 2. The Morgan fingerprint density at radius 3 is 2.30 bits per heavy atom. The van der Waals surface area contributed by atoms with Crippen LogP contribution in [0.25, 0.3) is 0 Å². The van der Waals surface area contributed by atoms with Crippen LogP contribution in [-0.4, -0.2) is 100 Å². The highest BCUT2D eigenvalue weighted by Crippen LogP contribution is 2.20. The second kappa shape index (κ2) is 13.1. The fraction of sp³-hybridized carbons (Fsp3) is 0.762. The highest BCUT2D eigenvalue weighted by atomic mass is 16.4. The molecule has 1 aliphatic rings. The fourth-order valence-electron chi connectivity index (χ4n) is 3.50. The van der Waals surface area contributed by atoms with Crippen molar-refractivity contribution >= 4 is 29.6 Å². The minimum Gasteiger partial charge on any atom is -0.480 e. The number of carboxylic acid groups (broad SMARTS) is 1. The maximum Gasteiger partial charge on any atom is 0.325 e. The molecule has 0 aromatic heterocycles. The van der Waals surface area contributed by atoms with Crippen LogP contribution in [0.15, 0.2) is 0 Å². The summed E-state index contributed by atoms with van der Waals surface area (Å²) in [5.41, 5.74) is 5.59. The van der Waals surface area contributed by atoms with Crippen LogP contribution < -0.4 is 16.4 Å². The number of amides is 4. The maximum atomic E-state index is 12.9. The maximum absolute atomic E-state index is 12.9. The van der Waals surface area contributed by atoms with E-state index in [1.165, 1.54) is 30.6 Å². The Balaban J connectivity index is 2.53. The SMILES string of the molecule is C[C@H](NC(=O)CCCCN(C)C(=O)[C@@H]1CCCN1C(=O)[C@H](C)NC(=O)[C@@H](N)[C@@H](C)O)C(=O)O. The van der Waals surface area contributed by atoms with E-state index < -0.39 is 48.1 Å². The lowest BCUT2D eigenvalue weighted by Gasteiger charge is -2.30. The number of nitrogens with two attached hydrogens (primary N) is 1. The Kier molecular flexibility index (Phi) is 11.2. The number of aliphatic carboxylic acids is 1. The molecular formula is C21H37N5O7. The number of likely N-dealkylation sites (N-methyl/N-ethyl adjacent to an activating group) is 1. The minimum absolute atomic E-state index is 0.152. The highest BCUT2D eigenvalue weighted by molar-refractivity contribution is 5.93. The topological polar surface area (TPSA) is 182 Å². The molecule has 0 aromatic carbocycles. The van der Waals surface area contributed by atoms with Gasteiger partial charge < -0.3 is 36.4 Å². The van der Waals surface area contributed by atoms with E-state index in [-0.39, 0.29) is 18.2 Å². The van der Waals surface area contributed by atoms with E-state index in [0.717, 1.165) is 0 Å². The lowest BCUT2D eigenvalue weighted by molar-refractivity contribution is -0.144. The van der Waals surface area contributed by atoms with Gasteiger partial charge in [-0.2, -0.15) is 0 Å². The number of carbonyl (C=O) groups is 5. The molecule has 33 heavy (non-hydrogen) atoms.